The zero-order chi connectivity index (χ0) is 32.6. The van der Waals surface area contributed by atoms with E-state index in [0.29, 0.717) is 17.1 Å². The smallest absolute Gasteiger partial charge is 0.264 e. The summed E-state index contributed by atoms with van der Waals surface area (Å²) in [5.74, 6) is -1.66. The van der Waals surface area contributed by atoms with E-state index in [1.165, 1.54) is 23.1 Å². The minimum Gasteiger partial charge on any atom is -0.354 e. The van der Waals surface area contributed by atoms with Crippen LogP contribution in [0.2, 0.25) is 10.0 Å². The number of hydrogen-bond donors (Lipinski definition) is 1. The van der Waals surface area contributed by atoms with E-state index in [1.54, 1.807) is 42.5 Å². The van der Waals surface area contributed by atoms with Gasteiger partial charge in [-0.25, -0.2) is 12.8 Å². The van der Waals surface area contributed by atoms with Crippen LogP contribution in [-0.4, -0.2) is 44.3 Å². The molecule has 0 radical (unpaired) electrons. The van der Waals surface area contributed by atoms with E-state index in [9.17, 15) is 22.4 Å². The summed E-state index contributed by atoms with van der Waals surface area (Å²) in [6, 6.07) is 26.2. The second kappa shape index (κ2) is 15.4. The van der Waals surface area contributed by atoms with Crippen LogP contribution in [0.1, 0.15) is 25.0 Å². The molecular formula is C34H34Cl2FN3O4S. The highest BCUT2D eigenvalue weighted by Crippen LogP contribution is 2.29. The summed E-state index contributed by atoms with van der Waals surface area (Å²) in [6.45, 7) is 3.51. The van der Waals surface area contributed by atoms with E-state index >= 15 is 0 Å². The second-order valence-electron chi connectivity index (χ2n) is 10.9. The molecule has 236 valence electrons. The summed E-state index contributed by atoms with van der Waals surface area (Å²) in [5, 5.41) is 3.01. The maximum atomic E-state index is 14.4. The van der Waals surface area contributed by atoms with Crippen molar-refractivity contribution in [2.45, 2.75) is 37.8 Å². The highest BCUT2D eigenvalue weighted by molar-refractivity contribution is 7.92. The van der Waals surface area contributed by atoms with Crippen LogP contribution in [0.4, 0.5) is 10.1 Å². The third kappa shape index (κ3) is 8.84. The number of nitrogens with zero attached hydrogens (tertiary/aromatic N) is 2. The molecule has 0 fully saturated rings. The predicted molar refractivity (Wildman–Crippen MR) is 176 cm³/mol. The first kappa shape index (κ1) is 34.0. The molecule has 4 aromatic rings. The summed E-state index contributed by atoms with van der Waals surface area (Å²) >= 11 is 12.6. The van der Waals surface area contributed by atoms with Crippen molar-refractivity contribution in [3.8, 4) is 0 Å². The van der Waals surface area contributed by atoms with Gasteiger partial charge in [0.1, 0.15) is 18.4 Å². The first-order chi connectivity index (χ1) is 21.5. The van der Waals surface area contributed by atoms with Gasteiger partial charge in [0.2, 0.25) is 11.8 Å². The zero-order valence-electron chi connectivity index (χ0n) is 24.9. The monoisotopic (exact) mass is 669 g/mol. The van der Waals surface area contributed by atoms with Crippen LogP contribution in [0.25, 0.3) is 0 Å². The van der Waals surface area contributed by atoms with Crippen molar-refractivity contribution in [3.05, 3.63) is 130 Å². The van der Waals surface area contributed by atoms with Crippen LogP contribution in [0.3, 0.4) is 0 Å². The fraction of sp³-hybridized carbons (Fsp3) is 0.235. The molecule has 45 heavy (non-hydrogen) atoms. The molecule has 0 saturated carbocycles. The molecule has 2 amide bonds. The van der Waals surface area contributed by atoms with E-state index in [1.807, 2.05) is 44.2 Å². The zero-order valence-corrected chi connectivity index (χ0v) is 27.2. The molecule has 1 unspecified atom stereocenters. The molecule has 1 N–H and O–H groups in total. The van der Waals surface area contributed by atoms with Gasteiger partial charge in [0, 0.05) is 24.5 Å². The molecule has 4 aromatic carbocycles. The van der Waals surface area contributed by atoms with Crippen LogP contribution in [0.15, 0.2) is 108 Å². The fourth-order valence-electron chi connectivity index (χ4n) is 4.68. The van der Waals surface area contributed by atoms with Gasteiger partial charge in [-0.15, -0.1) is 0 Å². The lowest BCUT2D eigenvalue weighted by Crippen LogP contribution is -2.53. The number of carbonyl (C=O) groups is 2. The number of hydrogen-bond acceptors (Lipinski definition) is 4. The average molecular weight is 671 g/mol. The van der Waals surface area contributed by atoms with Crippen molar-refractivity contribution < 1.29 is 22.4 Å². The van der Waals surface area contributed by atoms with E-state index in [2.05, 4.69) is 5.32 Å². The van der Waals surface area contributed by atoms with Crippen molar-refractivity contribution in [3.63, 3.8) is 0 Å². The lowest BCUT2D eigenvalue weighted by atomic mass is 10.0. The minimum absolute atomic E-state index is 0.0137. The third-order valence-corrected chi connectivity index (χ3v) is 9.50. The lowest BCUT2D eigenvalue weighted by Gasteiger charge is -2.34. The molecule has 0 heterocycles. The molecule has 0 aliphatic carbocycles. The summed E-state index contributed by atoms with van der Waals surface area (Å²) < 4.78 is 43.0. The van der Waals surface area contributed by atoms with Gasteiger partial charge in [0.15, 0.2) is 0 Å². The Morgan fingerprint density at radius 1 is 0.844 bits per heavy atom. The van der Waals surface area contributed by atoms with Gasteiger partial charge in [0.05, 0.1) is 15.6 Å². The van der Waals surface area contributed by atoms with Crippen molar-refractivity contribution in [1.82, 2.24) is 10.2 Å². The number of benzene rings is 4. The molecule has 11 heteroatoms. The van der Waals surface area contributed by atoms with Crippen molar-refractivity contribution in [2.75, 3.05) is 17.4 Å². The SMILES string of the molecule is CC(C)CNC(=O)C(Cc1ccccc1)N(Cc1ccccc1Cl)C(=O)CN(c1ccc(F)c(Cl)c1)S(=O)(=O)c1ccccc1. The van der Waals surface area contributed by atoms with E-state index < -0.39 is 40.2 Å². The van der Waals surface area contributed by atoms with Gasteiger partial charge in [-0.2, -0.15) is 0 Å². The summed E-state index contributed by atoms with van der Waals surface area (Å²) in [7, 11) is -4.34. The molecule has 0 bridgehead atoms. The Morgan fingerprint density at radius 2 is 1.47 bits per heavy atom. The highest BCUT2D eigenvalue weighted by Gasteiger charge is 2.35. The molecule has 4 rings (SSSR count). The second-order valence-corrected chi connectivity index (χ2v) is 13.6. The van der Waals surface area contributed by atoms with Gasteiger partial charge in [-0.3, -0.25) is 13.9 Å². The molecule has 0 spiro atoms. The molecular weight excluding hydrogens is 636 g/mol. The Balaban J connectivity index is 1.82. The first-order valence-corrected chi connectivity index (χ1v) is 16.5. The number of nitrogens with one attached hydrogen (secondary N) is 1. The first-order valence-electron chi connectivity index (χ1n) is 14.3. The number of sulfonamides is 1. The van der Waals surface area contributed by atoms with Crippen LogP contribution >= 0.6 is 23.2 Å². The number of carbonyl (C=O) groups excluding carboxylic acids is 2. The third-order valence-electron chi connectivity index (χ3n) is 7.06. The Kier molecular flexibility index (Phi) is 11.6. The summed E-state index contributed by atoms with van der Waals surface area (Å²) in [5.41, 5.74) is 1.36. The molecule has 0 aliphatic heterocycles. The molecule has 0 aliphatic rings. The fourth-order valence-corrected chi connectivity index (χ4v) is 6.47. The Bertz CT molecular complexity index is 1720. The minimum atomic E-state index is -4.34. The quantitative estimate of drug-likeness (QED) is 0.171. The van der Waals surface area contributed by atoms with Gasteiger partial charge in [0.25, 0.3) is 10.0 Å². The van der Waals surface area contributed by atoms with Crippen molar-refractivity contribution in [2.24, 2.45) is 5.92 Å². The molecule has 1 atom stereocenters. The Labute approximate surface area is 273 Å². The van der Waals surface area contributed by atoms with Crippen molar-refractivity contribution in [1.29, 1.82) is 0 Å². The van der Waals surface area contributed by atoms with Gasteiger partial charge < -0.3 is 10.2 Å². The van der Waals surface area contributed by atoms with E-state index in [4.69, 9.17) is 23.2 Å². The number of anilines is 1. The van der Waals surface area contributed by atoms with E-state index in [0.717, 1.165) is 22.0 Å². The topological polar surface area (TPSA) is 86.8 Å². The molecule has 0 aromatic heterocycles. The number of rotatable bonds is 13. The number of amides is 2. The predicted octanol–water partition coefficient (Wildman–Crippen LogP) is 6.74. The molecule has 7 nitrogen and oxygen atoms in total. The van der Waals surface area contributed by atoms with Gasteiger partial charge in [-0.05, 0) is 53.4 Å². The van der Waals surface area contributed by atoms with Gasteiger partial charge in [-0.1, -0.05) is 104 Å². The normalized spacial score (nSPS) is 12.0. The summed E-state index contributed by atoms with van der Waals surface area (Å²) in [6.07, 6.45) is 0.161. The molecule has 0 saturated heterocycles. The largest absolute Gasteiger partial charge is 0.354 e. The Morgan fingerprint density at radius 3 is 2.09 bits per heavy atom. The van der Waals surface area contributed by atoms with Gasteiger partial charge >= 0.3 is 0 Å². The van der Waals surface area contributed by atoms with Crippen molar-refractivity contribution >= 4 is 50.7 Å². The maximum Gasteiger partial charge on any atom is 0.264 e. The van der Waals surface area contributed by atoms with Crippen LogP contribution in [0, 0.1) is 11.7 Å². The highest BCUT2D eigenvalue weighted by atomic mass is 35.5. The summed E-state index contributed by atoms with van der Waals surface area (Å²) in [4.78, 5) is 29.5. The standard InChI is InChI=1S/C34H34Cl2FN3O4S/c1-24(2)21-38-34(42)32(19-25-11-5-3-6-12-25)39(22-26-13-9-10-16-29(26)35)33(41)23-40(27-17-18-31(37)30(36)20-27)45(43,44)28-14-7-4-8-15-28/h3-18,20,24,32H,19,21-23H2,1-2H3,(H,38,42). The Hall–Kier alpha value is -3.92. The number of halogens is 3. The maximum absolute atomic E-state index is 14.4. The van der Waals surface area contributed by atoms with E-state index in [-0.39, 0.29) is 34.5 Å². The van der Waals surface area contributed by atoms with Crippen LogP contribution < -0.4 is 9.62 Å². The average Bonchev–Trinajstić information content (AvgIpc) is 3.03. The van der Waals surface area contributed by atoms with Crippen LogP contribution in [-0.2, 0) is 32.6 Å². The lowest BCUT2D eigenvalue weighted by molar-refractivity contribution is -0.140. The van der Waals surface area contributed by atoms with Crippen LogP contribution in [0.5, 0.6) is 0 Å².